The predicted molar refractivity (Wildman–Crippen MR) is 106 cm³/mol. The van der Waals surface area contributed by atoms with Gasteiger partial charge in [-0.05, 0) is 18.1 Å². The van der Waals surface area contributed by atoms with E-state index < -0.39 is 5.97 Å². The number of nitrogens with zero attached hydrogens (tertiary/aromatic N) is 2. The highest BCUT2D eigenvalue weighted by Crippen LogP contribution is 2.19. The number of hydrogen-bond acceptors (Lipinski definition) is 3. The zero-order valence-corrected chi connectivity index (χ0v) is 15.8. The molecule has 0 atom stereocenters. The van der Waals surface area contributed by atoms with Gasteiger partial charge in [0, 0.05) is 31.2 Å². The van der Waals surface area contributed by atoms with E-state index in [1.807, 2.05) is 43.4 Å². The quantitative estimate of drug-likeness (QED) is 0.468. The Bertz CT molecular complexity index is 928. The molecular weight excluding hydrogens is 336 g/mol. The van der Waals surface area contributed by atoms with Crippen molar-refractivity contribution in [2.24, 2.45) is 7.05 Å². The summed E-state index contributed by atoms with van der Waals surface area (Å²) in [7, 11) is 2.02. The molecular formula is C23H24N2O2. The maximum atomic E-state index is 11.8. The van der Waals surface area contributed by atoms with E-state index >= 15 is 0 Å². The van der Waals surface area contributed by atoms with Gasteiger partial charge in [-0.1, -0.05) is 67.2 Å². The molecule has 0 fully saturated rings. The van der Waals surface area contributed by atoms with Crippen LogP contribution in [0.25, 0.3) is 0 Å². The van der Waals surface area contributed by atoms with E-state index in [-0.39, 0.29) is 6.61 Å². The lowest BCUT2D eigenvalue weighted by Crippen LogP contribution is -2.08. The summed E-state index contributed by atoms with van der Waals surface area (Å²) >= 11 is 0. The van der Waals surface area contributed by atoms with Gasteiger partial charge in [0.2, 0.25) is 0 Å². The Labute approximate surface area is 160 Å². The fourth-order valence-corrected chi connectivity index (χ4v) is 2.96. The molecule has 1 aromatic heterocycles. The third-order valence-corrected chi connectivity index (χ3v) is 4.50. The standard InChI is InChI=1S/C23H24N2O2/c1-17(2)23(26)27-16-20-21(14-18-10-6-4-7-11-18)25(3)22(24-20)15-19-12-8-5-9-13-19/h4-13H,1,14-16H2,2-3H3. The average Bonchev–Trinajstić information content (AvgIpc) is 2.96. The molecule has 0 spiro atoms. The molecule has 27 heavy (non-hydrogen) atoms. The molecule has 2 aromatic carbocycles. The van der Waals surface area contributed by atoms with Crippen molar-refractivity contribution in [3.8, 4) is 0 Å². The van der Waals surface area contributed by atoms with Gasteiger partial charge in [0.15, 0.2) is 0 Å². The van der Waals surface area contributed by atoms with Crippen LogP contribution in [0.2, 0.25) is 0 Å². The molecule has 1 heterocycles. The Balaban J connectivity index is 1.89. The summed E-state index contributed by atoms with van der Waals surface area (Å²) in [4.78, 5) is 16.6. The molecule has 138 valence electrons. The number of imidazole rings is 1. The maximum Gasteiger partial charge on any atom is 0.333 e. The Morgan fingerprint density at radius 2 is 1.56 bits per heavy atom. The Hall–Kier alpha value is -3.14. The van der Waals surface area contributed by atoms with Crippen LogP contribution in [0.4, 0.5) is 0 Å². The van der Waals surface area contributed by atoms with Crippen LogP contribution in [0.3, 0.4) is 0 Å². The van der Waals surface area contributed by atoms with Gasteiger partial charge in [0.05, 0.1) is 5.69 Å². The first-order valence-corrected chi connectivity index (χ1v) is 8.98. The molecule has 4 heteroatoms. The lowest BCUT2D eigenvalue weighted by Gasteiger charge is -2.09. The van der Waals surface area contributed by atoms with Crippen molar-refractivity contribution in [2.45, 2.75) is 26.4 Å². The fraction of sp³-hybridized carbons (Fsp3) is 0.217. The largest absolute Gasteiger partial charge is 0.456 e. The number of benzene rings is 2. The summed E-state index contributed by atoms with van der Waals surface area (Å²) in [6.45, 7) is 5.43. The third-order valence-electron chi connectivity index (χ3n) is 4.50. The van der Waals surface area contributed by atoms with Crippen molar-refractivity contribution in [2.75, 3.05) is 0 Å². The second-order valence-electron chi connectivity index (χ2n) is 6.66. The summed E-state index contributed by atoms with van der Waals surface area (Å²) in [5.74, 6) is 0.560. The van der Waals surface area contributed by atoms with Crippen LogP contribution in [-0.2, 0) is 36.0 Å². The third kappa shape index (κ3) is 4.73. The van der Waals surface area contributed by atoms with Crippen LogP contribution in [0, 0.1) is 0 Å². The molecule has 3 rings (SSSR count). The molecule has 0 amide bonds. The molecule has 0 aliphatic carbocycles. The molecule has 0 aliphatic rings. The van der Waals surface area contributed by atoms with E-state index in [0.29, 0.717) is 5.57 Å². The van der Waals surface area contributed by atoms with Gasteiger partial charge in [-0.25, -0.2) is 9.78 Å². The smallest absolute Gasteiger partial charge is 0.333 e. The van der Waals surface area contributed by atoms with Gasteiger partial charge in [-0.3, -0.25) is 0 Å². The van der Waals surface area contributed by atoms with E-state index in [0.717, 1.165) is 30.1 Å². The molecule has 0 aliphatic heterocycles. The van der Waals surface area contributed by atoms with Gasteiger partial charge < -0.3 is 9.30 Å². The Kier molecular flexibility index (Phi) is 5.87. The number of aromatic nitrogens is 2. The van der Waals surface area contributed by atoms with E-state index in [9.17, 15) is 4.79 Å². The lowest BCUT2D eigenvalue weighted by molar-refractivity contribution is -0.140. The normalized spacial score (nSPS) is 10.6. The SMILES string of the molecule is C=C(C)C(=O)OCc1nc(Cc2ccccc2)n(C)c1Cc1ccccc1. The summed E-state index contributed by atoms with van der Waals surface area (Å²) in [5, 5.41) is 0. The number of rotatable bonds is 7. The van der Waals surface area contributed by atoms with Crippen LogP contribution in [0.5, 0.6) is 0 Å². The molecule has 4 nitrogen and oxygen atoms in total. The van der Waals surface area contributed by atoms with Crippen molar-refractivity contribution in [1.82, 2.24) is 9.55 Å². The van der Waals surface area contributed by atoms with Crippen molar-refractivity contribution in [1.29, 1.82) is 0 Å². The monoisotopic (exact) mass is 360 g/mol. The van der Waals surface area contributed by atoms with Gasteiger partial charge in [0.25, 0.3) is 0 Å². The Morgan fingerprint density at radius 1 is 1.00 bits per heavy atom. The molecule has 0 radical (unpaired) electrons. The fourth-order valence-electron chi connectivity index (χ4n) is 2.96. The summed E-state index contributed by atoms with van der Waals surface area (Å²) in [6, 6.07) is 20.5. The molecule has 0 saturated heterocycles. The first-order valence-electron chi connectivity index (χ1n) is 8.98. The van der Waals surface area contributed by atoms with Crippen molar-refractivity contribution in [3.05, 3.63) is 101 Å². The van der Waals surface area contributed by atoms with Crippen molar-refractivity contribution in [3.63, 3.8) is 0 Å². The van der Waals surface area contributed by atoms with E-state index in [2.05, 4.69) is 35.4 Å². The highest BCUT2D eigenvalue weighted by atomic mass is 16.5. The predicted octanol–water partition coefficient (Wildman–Crippen LogP) is 4.22. The number of ether oxygens (including phenoxy) is 1. The van der Waals surface area contributed by atoms with Crippen molar-refractivity contribution < 1.29 is 9.53 Å². The summed E-state index contributed by atoms with van der Waals surface area (Å²) in [6.07, 6.45) is 1.46. The van der Waals surface area contributed by atoms with Crippen LogP contribution in [0.15, 0.2) is 72.8 Å². The van der Waals surface area contributed by atoms with Crippen LogP contribution >= 0.6 is 0 Å². The topological polar surface area (TPSA) is 44.1 Å². The number of hydrogen-bond donors (Lipinski definition) is 0. The minimum Gasteiger partial charge on any atom is -0.456 e. The van der Waals surface area contributed by atoms with E-state index in [1.54, 1.807) is 6.92 Å². The zero-order chi connectivity index (χ0) is 19.2. The van der Waals surface area contributed by atoms with Gasteiger partial charge in [-0.2, -0.15) is 0 Å². The molecule has 0 N–H and O–H groups in total. The molecule has 3 aromatic rings. The van der Waals surface area contributed by atoms with Gasteiger partial charge >= 0.3 is 5.97 Å². The van der Waals surface area contributed by atoms with E-state index in [1.165, 1.54) is 11.1 Å². The lowest BCUT2D eigenvalue weighted by atomic mass is 10.1. The number of carbonyl (C=O) groups excluding carboxylic acids is 1. The average molecular weight is 360 g/mol. The minimum atomic E-state index is -0.393. The molecule has 0 saturated carbocycles. The summed E-state index contributed by atoms with van der Waals surface area (Å²) < 4.78 is 7.49. The minimum absolute atomic E-state index is 0.149. The first kappa shape index (κ1) is 18.6. The molecule has 0 bridgehead atoms. The first-order chi connectivity index (χ1) is 13.0. The number of carbonyl (C=O) groups is 1. The van der Waals surface area contributed by atoms with Gasteiger partial charge in [0.1, 0.15) is 12.4 Å². The highest BCUT2D eigenvalue weighted by Gasteiger charge is 2.17. The van der Waals surface area contributed by atoms with Crippen molar-refractivity contribution >= 4 is 5.97 Å². The second kappa shape index (κ2) is 8.49. The highest BCUT2D eigenvalue weighted by molar-refractivity contribution is 5.86. The van der Waals surface area contributed by atoms with Crippen LogP contribution in [0.1, 0.15) is 35.3 Å². The van der Waals surface area contributed by atoms with Crippen LogP contribution < -0.4 is 0 Å². The van der Waals surface area contributed by atoms with E-state index in [4.69, 9.17) is 9.72 Å². The molecule has 0 unspecified atom stereocenters. The Morgan fingerprint density at radius 3 is 2.11 bits per heavy atom. The maximum absolute atomic E-state index is 11.8. The second-order valence-corrected chi connectivity index (χ2v) is 6.66. The zero-order valence-electron chi connectivity index (χ0n) is 15.8. The van der Waals surface area contributed by atoms with Gasteiger partial charge in [-0.15, -0.1) is 0 Å². The number of esters is 1. The summed E-state index contributed by atoms with van der Waals surface area (Å²) in [5.41, 5.74) is 4.63. The van der Waals surface area contributed by atoms with Crippen LogP contribution in [-0.4, -0.2) is 15.5 Å².